The van der Waals surface area contributed by atoms with Gasteiger partial charge in [-0.25, -0.2) is 0 Å². The summed E-state index contributed by atoms with van der Waals surface area (Å²) in [6.07, 6.45) is 2.55. The average Bonchev–Trinajstić information content (AvgIpc) is 2.37. The summed E-state index contributed by atoms with van der Waals surface area (Å²) in [7, 11) is 0. The number of nitrogens with zero attached hydrogens (tertiary/aromatic N) is 1. The Morgan fingerprint density at radius 2 is 2.10 bits per heavy atom. The number of carbonyl (C=O) groups is 1. The summed E-state index contributed by atoms with van der Waals surface area (Å²) in [5, 5.41) is 13.5. The van der Waals surface area contributed by atoms with Crippen LogP contribution >= 0.6 is 15.9 Å². The number of hydrogen-bond donors (Lipinski definition) is 2. The van der Waals surface area contributed by atoms with E-state index in [0.29, 0.717) is 10.2 Å². The zero-order valence-electron chi connectivity index (χ0n) is 12.1. The highest BCUT2D eigenvalue weighted by atomic mass is 79.9. The minimum atomic E-state index is -0.480. The first kappa shape index (κ1) is 17.6. The van der Waals surface area contributed by atoms with Gasteiger partial charge < -0.3 is 11.1 Å². The third-order valence-corrected chi connectivity index (χ3v) is 3.79. The molecule has 6 nitrogen and oxygen atoms in total. The van der Waals surface area contributed by atoms with Gasteiger partial charge in [0.15, 0.2) is 0 Å². The number of nitrogens with two attached hydrogens (primary N) is 1. The molecule has 0 aromatic heterocycles. The number of rotatable bonds is 7. The van der Waals surface area contributed by atoms with Crippen molar-refractivity contribution in [3.63, 3.8) is 0 Å². The van der Waals surface area contributed by atoms with Crippen LogP contribution in [-0.4, -0.2) is 16.9 Å². The maximum atomic E-state index is 12.0. The molecule has 0 aliphatic carbocycles. The van der Waals surface area contributed by atoms with Gasteiger partial charge in [-0.3, -0.25) is 14.9 Å². The van der Waals surface area contributed by atoms with E-state index in [2.05, 4.69) is 21.2 Å². The number of hydrogen-bond acceptors (Lipinski definition) is 4. The van der Waals surface area contributed by atoms with Crippen molar-refractivity contribution in [2.45, 2.75) is 39.2 Å². The zero-order valence-corrected chi connectivity index (χ0v) is 13.7. The molecule has 2 atom stereocenters. The fourth-order valence-electron chi connectivity index (χ4n) is 1.88. The van der Waals surface area contributed by atoms with Crippen molar-refractivity contribution >= 4 is 33.2 Å². The molecule has 1 amide bonds. The molecule has 0 saturated carbocycles. The molecular weight excluding hydrogens is 338 g/mol. The molecule has 2 unspecified atom stereocenters. The molecule has 0 radical (unpaired) electrons. The molecule has 0 bridgehead atoms. The monoisotopic (exact) mass is 357 g/mol. The largest absolute Gasteiger partial charge is 0.328 e. The van der Waals surface area contributed by atoms with Crippen molar-refractivity contribution in [3.05, 3.63) is 32.8 Å². The van der Waals surface area contributed by atoms with E-state index in [1.54, 1.807) is 0 Å². The van der Waals surface area contributed by atoms with Crippen molar-refractivity contribution in [3.8, 4) is 0 Å². The van der Waals surface area contributed by atoms with Crippen molar-refractivity contribution in [2.75, 3.05) is 5.32 Å². The standard InChI is InChI=1S/C14H20BrN3O3/c1-9(4-3-5-10(2)16)14(19)17-11-6-7-13(18(20)21)12(15)8-11/h6-10H,3-5,16H2,1-2H3,(H,17,19). The predicted octanol–water partition coefficient (Wildman–Crippen LogP) is 3.45. The smallest absolute Gasteiger partial charge is 0.283 e. The second kappa shape index (κ2) is 8.09. The van der Waals surface area contributed by atoms with Crippen LogP contribution in [0.15, 0.2) is 22.7 Å². The molecule has 1 aromatic carbocycles. The van der Waals surface area contributed by atoms with Crippen LogP contribution in [-0.2, 0) is 4.79 Å². The Balaban J connectivity index is 2.58. The summed E-state index contributed by atoms with van der Waals surface area (Å²) >= 11 is 3.13. The second-order valence-electron chi connectivity index (χ2n) is 5.22. The molecule has 0 saturated heterocycles. The number of carbonyl (C=O) groups excluding carboxylic acids is 1. The number of nitro benzene ring substituents is 1. The van der Waals surface area contributed by atoms with Gasteiger partial charge in [-0.15, -0.1) is 0 Å². The van der Waals surface area contributed by atoms with Gasteiger partial charge in [0.1, 0.15) is 0 Å². The summed E-state index contributed by atoms with van der Waals surface area (Å²) in [6, 6.07) is 4.56. The van der Waals surface area contributed by atoms with Crippen molar-refractivity contribution in [1.82, 2.24) is 0 Å². The average molecular weight is 358 g/mol. The number of benzene rings is 1. The van der Waals surface area contributed by atoms with Crippen LogP contribution in [0.25, 0.3) is 0 Å². The first-order valence-electron chi connectivity index (χ1n) is 6.81. The topological polar surface area (TPSA) is 98.3 Å². The second-order valence-corrected chi connectivity index (χ2v) is 6.08. The first-order chi connectivity index (χ1) is 9.81. The summed E-state index contributed by atoms with van der Waals surface area (Å²) in [5.41, 5.74) is 6.18. The Bertz CT molecular complexity index is 520. The Labute approximate surface area is 132 Å². The molecule has 0 heterocycles. The minimum Gasteiger partial charge on any atom is -0.328 e. The zero-order chi connectivity index (χ0) is 16.0. The third-order valence-electron chi connectivity index (χ3n) is 3.16. The van der Waals surface area contributed by atoms with Crippen LogP contribution in [0, 0.1) is 16.0 Å². The van der Waals surface area contributed by atoms with E-state index in [1.807, 2.05) is 13.8 Å². The van der Waals surface area contributed by atoms with Crippen LogP contribution in [0.4, 0.5) is 11.4 Å². The van der Waals surface area contributed by atoms with Crippen LogP contribution in [0.1, 0.15) is 33.1 Å². The van der Waals surface area contributed by atoms with Gasteiger partial charge in [-0.1, -0.05) is 13.3 Å². The molecule has 1 rings (SSSR count). The highest BCUT2D eigenvalue weighted by Gasteiger charge is 2.16. The molecule has 7 heteroatoms. The summed E-state index contributed by atoms with van der Waals surface area (Å²) in [5.74, 6) is -0.224. The van der Waals surface area contributed by atoms with E-state index >= 15 is 0 Å². The molecule has 0 fully saturated rings. The number of nitro groups is 1. The Morgan fingerprint density at radius 3 is 2.62 bits per heavy atom. The van der Waals surface area contributed by atoms with Gasteiger partial charge in [-0.2, -0.15) is 0 Å². The van der Waals surface area contributed by atoms with Crippen LogP contribution in [0.5, 0.6) is 0 Å². The number of anilines is 1. The van der Waals surface area contributed by atoms with Gasteiger partial charge in [0.05, 0.1) is 9.40 Å². The minimum absolute atomic E-state index is 0.0296. The lowest BCUT2D eigenvalue weighted by Gasteiger charge is -2.13. The molecule has 21 heavy (non-hydrogen) atoms. The molecule has 0 aliphatic rings. The SMILES string of the molecule is CC(N)CCCC(C)C(=O)Nc1ccc([N+](=O)[O-])c(Br)c1. The summed E-state index contributed by atoms with van der Waals surface area (Å²) in [6.45, 7) is 3.80. The molecule has 0 aliphatic heterocycles. The number of halogens is 1. The van der Waals surface area contributed by atoms with Crippen molar-refractivity contribution < 1.29 is 9.72 Å². The van der Waals surface area contributed by atoms with Crippen LogP contribution in [0.3, 0.4) is 0 Å². The lowest BCUT2D eigenvalue weighted by Crippen LogP contribution is -2.21. The normalized spacial score (nSPS) is 13.5. The van der Waals surface area contributed by atoms with Crippen LogP contribution in [0.2, 0.25) is 0 Å². The maximum absolute atomic E-state index is 12.0. The van der Waals surface area contributed by atoms with Crippen molar-refractivity contribution in [2.24, 2.45) is 11.7 Å². The molecule has 1 aromatic rings. The Kier molecular flexibility index (Phi) is 6.77. The third kappa shape index (κ3) is 5.81. The summed E-state index contributed by atoms with van der Waals surface area (Å²) < 4.78 is 0.343. The first-order valence-corrected chi connectivity index (χ1v) is 7.61. The highest BCUT2D eigenvalue weighted by Crippen LogP contribution is 2.28. The molecule has 0 spiro atoms. The predicted molar refractivity (Wildman–Crippen MR) is 86.1 cm³/mol. The van der Waals surface area contributed by atoms with E-state index < -0.39 is 4.92 Å². The van der Waals surface area contributed by atoms with E-state index in [0.717, 1.165) is 19.3 Å². The van der Waals surface area contributed by atoms with E-state index in [1.165, 1.54) is 18.2 Å². The van der Waals surface area contributed by atoms with E-state index in [4.69, 9.17) is 5.73 Å². The van der Waals surface area contributed by atoms with Gasteiger partial charge in [-0.05, 0) is 47.8 Å². The summed E-state index contributed by atoms with van der Waals surface area (Å²) in [4.78, 5) is 22.3. The molecular formula is C14H20BrN3O3. The van der Waals surface area contributed by atoms with Gasteiger partial charge in [0.2, 0.25) is 5.91 Å². The van der Waals surface area contributed by atoms with Gasteiger partial charge >= 0.3 is 0 Å². The number of amides is 1. The van der Waals surface area contributed by atoms with Gasteiger partial charge in [0, 0.05) is 23.7 Å². The quantitative estimate of drug-likeness (QED) is 0.576. The maximum Gasteiger partial charge on any atom is 0.283 e. The molecule has 116 valence electrons. The van der Waals surface area contributed by atoms with Gasteiger partial charge in [0.25, 0.3) is 5.69 Å². The number of nitrogens with one attached hydrogen (secondary N) is 1. The Hall–Kier alpha value is -1.47. The highest BCUT2D eigenvalue weighted by molar-refractivity contribution is 9.10. The lowest BCUT2D eigenvalue weighted by molar-refractivity contribution is -0.385. The Morgan fingerprint density at radius 1 is 1.43 bits per heavy atom. The van der Waals surface area contributed by atoms with Crippen LogP contribution < -0.4 is 11.1 Å². The fraction of sp³-hybridized carbons (Fsp3) is 0.500. The van der Waals surface area contributed by atoms with Crippen molar-refractivity contribution in [1.29, 1.82) is 0 Å². The van der Waals surface area contributed by atoms with E-state index in [-0.39, 0.29) is 23.6 Å². The fourth-order valence-corrected chi connectivity index (χ4v) is 2.40. The lowest BCUT2D eigenvalue weighted by atomic mass is 10.0. The molecule has 3 N–H and O–H groups in total. The van der Waals surface area contributed by atoms with E-state index in [9.17, 15) is 14.9 Å².